The van der Waals surface area contributed by atoms with Gasteiger partial charge in [-0.25, -0.2) is 8.42 Å². The van der Waals surface area contributed by atoms with Crippen LogP contribution in [0.3, 0.4) is 0 Å². The van der Waals surface area contributed by atoms with E-state index in [9.17, 15) is 13.0 Å². The summed E-state index contributed by atoms with van der Waals surface area (Å²) in [7, 11) is -4.30. The van der Waals surface area contributed by atoms with Crippen LogP contribution in [0.25, 0.3) is 16.9 Å². The number of fused-ring (bicyclic) bond motifs is 1. The molecule has 0 amide bonds. The molecule has 0 bridgehead atoms. The monoisotopic (exact) mass is 291 g/mol. The van der Waals surface area contributed by atoms with Crippen molar-refractivity contribution in [2.75, 3.05) is 0 Å². The topological polar surface area (TPSA) is 104 Å². The van der Waals surface area contributed by atoms with Gasteiger partial charge in [0.05, 0.1) is 5.69 Å². The van der Waals surface area contributed by atoms with Gasteiger partial charge in [-0.3, -0.25) is 0 Å². The van der Waals surface area contributed by atoms with Crippen LogP contribution >= 0.6 is 0 Å². The Labute approximate surface area is 114 Å². The molecule has 0 spiro atoms. The summed E-state index contributed by atoms with van der Waals surface area (Å²) in [6, 6.07) is 6.93. The van der Waals surface area contributed by atoms with Gasteiger partial charge in [0.25, 0.3) is 0 Å². The van der Waals surface area contributed by atoms with Crippen molar-refractivity contribution in [2.45, 2.75) is 5.88 Å². The van der Waals surface area contributed by atoms with E-state index in [0.29, 0.717) is 11.3 Å². The Morgan fingerprint density at radius 3 is 2.65 bits per heavy atom. The molecule has 0 aliphatic heterocycles. The summed E-state index contributed by atoms with van der Waals surface area (Å²) in [6.07, 6.45) is 4.53. The summed E-state index contributed by atoms with van der Waals surface area (Å²) >= 11 is 0. The first-order valence-electron chi connectivity index (χ1n) is 5.61. The third-order valence-corrected chi connectivity index (χ3v) is 3.27. The standard InChI is InChI=1S/C11H9N5O3S/c17-20(18,19)8-15-5-3-9(4-6-15)10-1-2-11-13-12-7-16(11)14-10/h1-7H,8H2. The second-order valence-electron chi connectivity index (χ2n) is 4.14. The highest BCUT2D eigenvalue weighted by Crippen LogP contribution is 2.14. The van der Waals surface area contributed by atoms with E-state index in [0.717, 1.165) is 5.56 Å². The van der Waals surface area contributed by atoms with E-state index >= 15 is 0 Å². The molecule has 0 atom stereocenters. The molecule has 0 saturated carbocycles. The molecule has 102 valence electrons. The molecule has 3 heterocycles. The summed E-state index contributed by atoms with van der Waals surface area (Å²) in [5.41, 5.74) is 2.12. The zero-order valence-electron chi connectivity index (χ0n) is 10.1. The molecule has 0 radical (unpaired) electrons. The summed E-state index contributed by atoms with van der Waals surface area (Å²) in [6.45, 7) is 0. The number of aromatic nitrogens is 5. The number of rotatable bonds is 3. The second-order valence-corrected chi connectivity index (χ2v) is 5.51. The molecule has 0 fully saturated rings. The Morgan fingerprint density at radius 2 is 1.95 bits per heavy atom. The zero-order valence-corrected chi connectivity index (χ0v) is 10.9. The Balaban J connectivity index is 1.94. The lowest BCUT2D eigenvalue weighted by Gasteiger charge is -2.03. The number of pyridine rings is 1. The van der Waals surface area contributed by atoms with Gasteiger partial charge in [0, 0.05) is 17.7 Å². The highest BCUT2D eigenvalue weighted by Gasteiger charge is 2.08. The third-order valence-electron chi connectivity index (χ3n) is 2.66. The maximum atomic E-state index is 10.7. The van der Waals surface area contributed by atoms with Gasteiger partial charge >= 0.3 is 0 Å². The lowest BCUT2D eigenvalue weighted by Crippen LogP contribution is -2.36. The van der Waals surface area contributed by atoms with Crippen LogP contribution in [0, 0.1) is 0 Å². The van der Waals surface area contributed by atoms with E-state index in [1.165, 1.54) is 23.3 Å². The molecule has 0 unspecified atom stereocenters. The highest BCUT2D eigenvalue weighted by molar-refractivity contribution is 7.84. The van der Waals surface area contributed by atoms with Gasteiger partial charge in [-0.2, -0.15) is 14.2 Å². The minimum Gasteiger partial charge on any atom is -0.743 e. The van der Waals surface area contributed by atoms with Crippen LogP contribution in [0.2, 0.25) is 0 Å². The van der Waals surface area contributed by atoms with E-state index in [2.05, 4.69) is 15.3 Å². The maximum absolute atomic E-state index is 10.7. The predicted molar refractivity (Wildman–Crippen MR) is 66.1 cm³/mol. The van der Waals surface area contributed by atoms with Crippen LogP contribution in [-0.2, 0) is 16.0 Å². The molecule has 3 aromatic rings. The van der Waals surface area contributed by atoms with E-state index < -0.39 is 16.0 Å². The largest absolute Gasteiger partial charge is 0.743 e. The first kappa shape index (κ1) is 12.6. The Morgan fingerprint density at radius 1 is 1.20 bits per heavy atom. The van der Waals surface area contributed by atoms with Crippen molar-refractivity contribution in [2.24, 2.45) is 0 Å². The average Bonchev–Trinajstić information content (AvgIpc) is 2.85. The molecule has 3 aromatic heterocycles. The Bertz CT molecular complexity index is 857. The summed E-state index contributed by atoms with van der Waals surface area (Å²) in [5, 5.41) is 11.9. The van der Waals surface area contributed by atoms with Crippen LogP contribution in [0.5, 0.6) is 0 Å². The van der Waals surface area contributed by atoms with E-state index in [4.69, 9.17) is 0 Å². The van der Waals surface area contributed by atoms with Crippen LogP contribution in [0.1, 0.15) is 0 Å². The quantitative estimate of drug-likeness (QED) is 0.479. The molecule has 20 heavy (non-hydrogen) atoms. The van der Waals surface area contributed by atoms with Gasteiger partial charge < -0.3 is 4.55 Å². The second kappa shape index (κ2) is 4.62. The van der Waals surface area contributed by atoms with Crippen LogP contribution in [-0.4, -0.2) is 32.8 Å². The molecule has 0 N–H and O–H groups in total. The average molecular weight is 291 g/mol. The van der Waals surface area contributed by atoms with Crippen molar-refractivity contribution in [1.29, 1.82) is 0 Å². The van der Waals surface area contributed by atoms with Crippen LogP contribution in [0.15, 0.2) is 43.0 Å². The Kier molecular flexibility index (Phi) is 2.92. The molecule has 0 saturated heterocycles. The predicted octanol–water partition coefficient (Wildman–Crippen LogP) is -0.419. The number of nitrogens with zero attached hydrogens (tertiary/aromatic N) is 5. The molecule has 0 aromatic carbocycles. The van der Waals surface area contributed by atoms with Gasteiger partial charge in [0.15, 0.2) is 28.2 Å². The normalized spacial score (nSPS) is 11.8. The summed E-state index contributed by atoms with van der Waals surface area (Å²) in [5.74, 6) is -0.592. The molecule has 9 heteroatoms. The first-order valence-corrected chi connectivity index (χ1v) is 7.19. The minimum absolute atomic E-state index is 0.592. The van der Waals surface area contributed by atoms with Crippen LogP contribution < -0.4 is 4.57 Å². The van der Waals surface area contributed by atoms with Crippen molar-refractivity contribution in [3.8, 4) is 11.3 Å². The van der Waals surface area contributed by atoms with Crippen molar-refractivity contribution in [3.05, 3.63) is 43.0 Å². The smallest absolute Gasteiger partial charge is 0.236 e. The van der Waals surface area contributed by atoms with Crippen molar-refractivity contribution in [3.63, 3.8) is 0 Å². The summed E-state index contributed by atoms with van der Waals surface area (Å²) in [4.78, 5) is 0. The van der Waals surface area contributed by atoms with Gasteiger partial charge in [0.2, 0.25) is 5.88 Å². The molecule has 3 rings (SSSR count). The zero-order chi connectivity index (χ0) is 14.2. The van der Waals surface area contributed by atoms with Crippen LogP contribution in [0.4, 0.5) is 0 Å². The maximum Gasteiger partial charge on any atom is 0.236 e. The fourth-order valence-corrected chi connectivity index (χ4v) is 2.32. The third kappa shape index (κ3) is 2.63. The lowest BCUT2D eigenvalue weighted by molar-refractivity contribution is -0.678. The summed E-state index contributed by atoms with van der Waals surface area (Å²) < 4.78 is 34.8. The molecular formula is C11H9N5O3S. The fourth-order valence-electron chi connectivity index (χ4n) is 1.78. The van der Waals surface area contributed by atoms with Gasteiger partial charge in [0.1, 0.15) is 6.33 Å². The first-order chi connectivity index (χ1) is 9.51. The molecule has 0 aliphatic rings. The number of hydrogen-bond acceptors (Lipinski definition) is 6. The van der Waals surface area contributed by atoms with E-state index in [1.807, 2.05) is 0 Å². The number of hydrogen-bond donors (Lipinski definition) is 0. The minimum atomic E-state index is -4.30. The molecule has 8 nitrogen and oxygen atoms in total. The highest BCUT2D eigenvalue weighted by atomic mass is 32.2. The van der Waals surface area contributed by atoms with E-state index in [1.54, 1.807) is 28.8 Å². The van der Waals surface area contributed by atoms with Gasteiger partial charge in [-0.15, -0.1) is 10.2 Å². The van der Waals surface area contributed by atoms with Crippen molar-refractivity contribution >= 4 is 15.8 Å². The van der Waals surface area contributed by atoms with Gasteiger partial charge in [-0.05, 0) is 12.1 Å². The van der Waals surface area contributed by atoms with E-state index in [-0.39, 0.29) is 0 Å². The van der Waals surface area contributed by atoms with Crippen molar-refractivity contribution < 1.29 is 17.5 Å². The molecular weight excluding hydrogens is 282 g/mol. The van der Waals surface area contributed by atoms with Gasteiger partial charge in [-0.1, -0.05) is 0 Å². The van der Waals surface area contributed by atoms with Crippen molar-refractivity contribution in [1.82, 2.24) is 19.8 Å². The Hall–Kier alpha value is -2.39. The molecule has 0 aliphatic carbocycles. The SMILES string of the molecule is O=S(=O)([O-])C[n+]1ccc(-c2ccc3nncn3n2)cc1. The lowest BCUT2D eigenvalue weighted by atomic mass is 10.2. The fraction of sp³-hybridized carbons (Fsp3) is 0.0909.